The summed E-state index contributed by atoms with van der Waals surface area (Å²) < 4.78 is 13.2. The van der Waals surface area contributed by atoms with E-state index >= 15 is 0 Å². The highest BCUT2D eigenvalue weighted by atomic mass is 19.1. The first-order chi connectivity index (χ1) is 8.67. The zero-order valence-electron chi connectivity index (χ0n) is 10.2. The molecule has 0 bridgehead atoms. The maximum atomic E-state index is 13.2. The van der Waals surface area contributed by atoms with Crippen LogP contribution in [0.15, 0.2) is 24.3 Å². The van der Waals surface area contributed by atoms with Gasteiger partial charge in [-0.25, -0.2) is 4.39 Å². The van der Waals surface area contributed by atoms with Crippen LogP contribution in [0.25, 0.3) is 10.8 Å². The lowest BCUT2D eigenvalue weighted by Crippen LogP contribution is -1.93. The minimum absolute atomic E-state index is 0.0171. The number of rotatable bonds is 4. The molecule has 3 heteroatoms. The molecule has 0 heterocycles. The van der Waals surface area contributed by atoms with Crippen molar-refractivity contribution < 1.29 is 14.3 Å². The zero-order chi connectivity index (χ0) is 13.1. The first-order valence-corrected chi connectivity index (χ1v) is 6.06. The Morgan fingerprint density at radius 1 is 1.33 bits per heavy atom. The number of hydrogen-bond donors (Lipinski definition) is 1. The Morgan fingerprint density at radius 3 is 2.78 bits per heavy atom. The van der Waals surface area contributed by atoms with Gasteiger partial charge in [0.05, 0.1) is 5.56 Å². The van der Waals surface area contributed by atoms with Crippen LogP contribution < -0.4 is 0 Å². The molecule has 0 aliphatic heterocycles. The number of carbonyl (C=O) groups excluding carboxylic acids is 1. The third-order valence-electron chi connectivity index (χ3n) is 3.11. The predicted octanol–water partition coefficient (Wildman–Crippen LogP) is 3.84. The van der Waals surface area contributed by atoms with E-state index in [0.29, 0.717) is 11.7 Å². The van der Waals surface area contributed by atoms with E-state index in [0.717, 1.165) is 30.2 Å². The minimum atomic E-state index is -0.411. The molecule has 2 aromatic rings. The number of aromatic hydroxyl groups is 1. The molecule has 2 aromatic carbocycles. The van der Waals surface area contributed by atoms with Crippen molar-refractivity contribution >= 4 is 17.1 Å². The van der Waals surface area contributed by atoms with Crippen LogP contribution in [0.3, 0.4) is 0 Å². The summed E-state index contributed by atoms with van der Waals surface area (Å²) in [5, 5.41) is 11.3. The Labute approximate surface area is 105 Å². The van der Waals surface area contributed by atoms with Crippen molar-refractivity contribution in [1.82, 2.24) is 0 Å². The van der Waals surface area contributed by atoms with Crippen LogP contribution in [0.5, 0.6) is 5.75 Å². The molecule has 0 aliphatic rings. The van der Waals surface area contributed by atoms with Gasteiger partial charge in [-0.1, -0.05) is 19.4 Å². The van der Waals surface area contributed by atoms with Gasteiger partial charge in [0, 0.05) is 0 Å². The summed E-state index contributed by atoms with van der Waals surface area (Å²) in [7, 11) is 0. The summed E-state index contributed by atoms with van der Waals surface area (Å²) >= 11 is 0. The van der Waals surface area contributed by atoms with E-state index in [9.17, 15) is 14.3 Å². The predicted molar refractivity (Wildman–Crippen MR) is 69.6 cm³/mol. The van der Waals surface area contributed by atoms with Gasteiger partial charge in [-0.2, -0.15) is 0 Å². The molecule has 0 saturated carbocycles. The van der Waals surface area contributed by atoms with E-state index in [1.165, 1.54) is 12.1 Å². The second-order valence-electron chi connectivity index (χ2n) is 4.38. The summed E-state index contributed by atoms with van der Waals surface area (Å²) in [6.07, 6.45) is 3.26. The second-order valence-corrected chi connectivity index (χ2v) is 4.38. The van der Waals surface area contributed by atoms with E-state index in [2.05, 4.69) is 6.92 Å². The minimum Gasteiger partial charge on any atom is -0.507 e. The van der Waals surface area contributed by atoms with Crippen molar-refractivity contribution in [2.75, 3.05) is 0 Å². The van der Waals surface area contributed by atoms with Crippen molar-refractivity contribution in [3.63, 3.8) is 0 Å². The first kappa shape index (κ1) is 12.6. The van der Waals surface area contributed by atoms with E-state index in [-0.39, 0.29) is 11.3 Å². The lowest BCUT2D eigenvalue weighted by molar-refractivity contribution is 0.112. The Kier molecular flexibility index (Phi) is 3.60. The molecule has 0 amide bonds. The molecular weight excluding hydrogens is 231 g/mol. The third kappa shape index (κ3) is 2.21. The number of aldehydes is 1. The summed E-state index contributed by atoms with van der Waals surface area (Å²) in [5.41, 5.74) is 0.927. The van der Waals surface area contributed by atoms with Crippen LogP contribution in [0.1, 0.15) is 35.7 Å². The molecule has 0 spiro atoms. The highest BCUT2D eigenvalue weighted by Crippen LogP contribution is 2.31. The highest BCUT2D eigenvalue weighted by molar-refractivity contribution is 6.01. The Morgan fingerprint density at radius 2 is 2.11 bits per heavy atom. The van der Waals surface area contributed by atoms with Crippen LogP contribution >= 0.6 is 0 Å². The van der Waals surface area contributed by atoms with Gasteiger partial charge in [0.2, 0.25) is 0 Å². The number of benzene rings is 2. The second kappa shape index (κ2) is 5.17. The fraction of sp³-hybridized carbons (Fsp3) is 0.267. The number of unbranched alkanes of at least 4 members (excludes halogenated alkanes) is 1. The third-order valence-corrected chi connectivity index (χ3v) is 3.11. The lowest BCUT2D eigenvalue weighted by Gasteiger charge is -2.10. The maximum Gasteiger partial charge on any atom is 0.154 e. The van der Waals surface area contributed by atoms with Gasteiger partial charge in [0.1, 0.15) is 11.6 Å². The largest absolute Gasteiger partial charge is 0.507 e. The number of aryl methyl sites for hydroxylation is 1. The van der Waals surface area contributed by atoms with Gasteiger partial charge in [0.25, 0.3) is 0 Å². The summed E-state index contributed by atoms with van der Waals surface area (Å²) in [6.45, 7) is 2.06. The van der Waals surface area contributed by atoms with Crippen molar-refractivity contribution in [1.29, 1.82) is 0 Å². The Hall–Kier alpha value is -1.90. The molecular formula is C15H15FO2. The zero-order valence-corrected chi connectivity index (χ0v) is 10.2. The van der Waals surface area contributed by atoms with Crippen LogP contribution in [0.4, 0.5) is 4.39 Å². The SMILES string of the molecule is CCCCc1cc2ccc(F)cc2c(C=O)c1O. The molecule has 0 fully saturated rings. The molecule has 94 valence electrons. The van der Waals surface area contributed by atoms with Crippen molar-refractivity contribution in [3.8, 4) is 5.75 Å². The van der Waals surface area contributed by atoms with Crippen LogP contribution in [0.2, 0.25) is 0 Å². The molecule has 0 unspecified atom stereocenters. The molecule has 1 N–H and O–H groups in total. The average molecular weight is 246 g/mol. The van der Waals surface area contributed by atoms with Crippen LogP contribution in [-0.4, -0.2) is 11.4 Å². The first-order valence-electron chi connectivity index (χ1n) is 6.06. The molecule has 2 rings (SSSR count). The number of carbonyl (C=O) groups is 1. The number of halogens is 1. The van der Waals surface area contributed by atoms with Gasteiger partial charge in [-0.15, -0.1) is 0 Å². The van der Waals surface area contributed by atoms with E-state index in [1.54, 1.807) is 6.07 Å². The summed E-state index contributed by atoms with van der Waals surface area (Å²) in [6, 6.07) is 6.10. The molecule has 0 atom stereocenters. The number of hydrogen-bond acceptors (Lipinski definition) is 2. The van der Waals surface area contributed by atoms with Gasteiger partial charge >= 0.3 is 0 Å². The molecule has 0 saturated heterocycles. The lowest BCUT2D eigenvalue weighted by atomic mass is 9.97. The molecule has 18 heavy (non-hydrogen) atoms. The van der Waals surface area contributed by atoms with Crippen molar-refractivity contribution in [2.45, 2.75) is 26.2 Å². The summed E-state index contributed by atoms with van der Waals surface area (Å²) in [4.78, 5) is 11.1. The number of fused-ring (bicyclic) bond motifs is 1. The number of phenolic OH excluding ortho intramolecular Hbond substituents is 1. The summed E-state index contributed by atoms with van der Waals surface area (Å²) in [5.74, 6) is -0.428. The highest BCUT2D eigenvalue weighted by Gasteiger charge is 2.12. The Bertz CT molecular complexity index is 591. The van der Waals surface area contributed by atoms with Crippen molar-refractivity contribution in [2.24, 2.45) is 0 Å². The van der Waals surface area contributed by atoms with Crippen LogP contribution in [0, 0.1) is 5.82 Å². The van der Waals surface area contributed by atoms with Gasteiger partial charge in [-0.05, 0) is 47.4 Å². The van der Waals surface area contributed by atoms with E-state index in [4.69, 9.17) is 0 Å². The fourth-order valence-electron chi connectivity index (χ4n) is 2.12. The van der Waals surface area contributed by atoms with Gasteiger partial charge in [-0.3, -0.25) is 4.79 Å². The Balaban J connectivity index is 2.66. The van der Waals surface area contributed by atoms with E-state index in [1.807, 2.05) is 6.07 Å². The number of phenols is 1. The maximum absolute atomic E-state index is 13.2. The van der Waals surface area contributed by atoms with E-state index < -0.39 is 5.82 Å². The fourth-order valence-corrected chi connectivity index (χ4v) is 2.12. The normalized spacial score (nSPS) is 10.8. The molecule has 0 aliphatic carbocycles. The quantitative estimate of drug-likeness (QED) is 0.832. The van der Waals surface area contributed by atoms with Crippen LogP contribution in [-0.2, 0) is 6.42 Å². The van der Waals surface area contributed by atoms with Crippen molar-refractivity contribution in [3.05, 3.63) is 41.2 Å². The smallest absolute Gasteiger partial charge is 0.154 e. The average Bonchev–Trinajstić information content (AvgIpc) is 2.37. The molecule has 0 aromatic heterocycles. The standard InChI is InChI=1S/C15H15FO2/c1-2-3-4-11-7-10-5-6-12(16)8-13(10)14(9-17)15(11)18/h5-9,18H,2-4H2,1H3. The monoisotopic (exact) mass is 246 g/mol. The van der Waals surface area contributed by atoms with Gasteiger partial charge < -0.3 is 5.11 Å². The molecule has 2 nitrogen and oxygen atoms in total. The van der Waals surface area contributed by atoms with Gasteiger partial charge in [0.15, 0.2) is 6.29 Å². The topological polar surface area (TPSA) is 37.3 Å². The molecule has 0 radical (unpaired) electrons.